The van der Waals surface area contributed by atoms with Crippen LogP contribution in [-0.4, -0.2) is 13.0 Å². The molecule has 1 unspecified atom stereocenters. The van der Waals surface area contributed by atoms with Crippen molar-refractivity contribution >= 4 is 11.6 Å². The van der Waals surface area contributed by atoms with Crippen LogP contribution in [0.5, 0.6) is 0 Å². The molecule has 0 bridgehead atoms. The fraction of sp³-hybridized carbons (Fsp3) is 0.588. The Morgan fingerprint density at radius 2 is 1.90 bits per heavy atom. The number of hydrogen-bond acceptors (Lipinski definition) is 2. The number of rotatable bonds is 4. The van der Waals surface area contributed by atoms with Crippen LogP contribution in [-0.2, 0) is 4.79 Å². The summed E-state index contributed by atoms with van der Waals surface area (Å²) in [6.45, 7) is 2.12. The van der Waals surface area contributed by atoms with Gasteiger partial charge >= 0.3 is 0 Å². The van der Waals surface area contributed by atoms with Crippen LogP contribution < -0.4 is 10.6 Å². The number of anilines is 1. The van der Waals surface area contributed by atoms with Crippen LogP contribution in [0.2, 0.25) is 0 Å². The molecule has 0 aromatic heterocycles. The molecule has 0 aliphatic heterocycles. The van der Waals surface area contributed by atoms with Gasteiger partial charge in [0.2, 0.25) is 5.91 Å². The molecule has 1 saturated carbocycles. The average molecular weight is 274 g/mol. The lowest BCUT2D eigenvalue weighted by Crippen LogP contribution is -2.22. The minimum Gasteiger partial charge on any atom is -0.326 e. The molecule has 0 saturated heterocycles. The summed E-state index contributed by atoms with van der Waals surface area (Å²) in [7, 11) is 1.95. The summed E-state index contributed by atoms with van der Waals surface area (Å²) in [5.74, 6) is 0.393. The van der Waals surface area contributed by atoms with E-state index < -0.39 is 0 Å². The van der Waals surface area contributed by atoms with Gasteiger partial charge in [-0.3, -0.25) is 4.79 Å². The Balaban J connectivity index is 1.99. The zero-order chi connectivity index (χ0) is 14.4. The predicted octanol–water partition coefficient (Wildman–Crippen LogP) is 3.88. The third-order valence-electron chi connectivity index (χ3n) is 4.31. The largest absolute Gasteiger partial charge is 0.326 e. The lowest BCUT2D eigenvalue weighted by Gasteiger charge is -2.16. The Kier molecular flexibility index (Phi) is 5.60. The van der Waals surface area contributed by atoms with Gasteiger partial charge in [0, 0.05) is 17.6 Å². The highest BCUT2D eigenvalue weighted by molar-refractivity contribution is 5.92. The second-order valence-electron chi connectivity index (χ2n) is 5.81. The zero-order valence-electron chi connectivity index (χ0n) is 12.6. The summed E-state index contributed by atoms with van der Waals surface area (Å²) in [4.78, 5) is 12.3. The zero-order valence-corrected chi connectivity index (χ0v) is 12.6. The molecule has 1 atom stereocenters. The Bertz CT molecular complexity index is 436. The van der Waals surface area contributed by atoms with Crippen molar-refractivity contribution in [1.29, 1.82) is 0 Å². The standard InChI is InChI=1S/C17H26N2O/c1-13(18-2)15-10-7-11-16(12-15)19-17(20)14-8-5-3-4-6-9-14/h7,10-14,18H,3-6,8-9H2,1-2H3,(H,19,20). The van der Waals surface area contributed by atoms with E-state index in [1.54, 1.807) is 0 Å². The number of nitrogens with one attached hydrogen (secondary N) is 2. The van der Waals surface area contributed by atoms with E-state index in [4.69, 9.17) is 0 Å². The molecule has 1 amide bonds. The molecule has 110 valence electrons. The first-order chi connectivity index (χ1) is 9.70. The molecule has 1 aliphatic carbocycles. The van der Waals surface area contributed by atoms with Gasteiger partial charge in [0.1, 0.15) is 0 Å². The van der Waals surface area contributed by atoms with Crippen molar-refractivity contribution in [3.63, 3.8) is 0 Å². The Labute approximate surface area is 122 Å². The number of carbonyl (C=O) groups excluding carboxylic acids is 1. The van der Waals surface area contributed by atoms with Crippen molar-refractivity contribution in [2.24, 2.45) is 5.92 Å². The highest BCUT2D eigenvalue weighted by Crippen LogP contribution is 2.25. The molecule has 20 heavy (non-hydrogen) atoms. The first-order valence-corrected chi connectivity index (χ1v) is 7.79. The van der Waals surface area contributed by atoms with Gasteiger partial charge in [0.05, 0.1) is 0 Å². The molecule has 2 rings (SSSR count). The number of hydrogen-bond donors (Lipinski definition) is 2. The van der Waals surface area contributed by atoms with Crippen molar-refractivity contribution in [2.75, 3.05) is 12.4 Å². The summed E-state index contributed by atoms with van der Waals surface area (Å²) in [5.41, 5.74) is 2.12. The summed E-state index contributed by atoms with van der Waals surface area (Å²) in [6.07, 6.45) is 7.01. The van der Waals surface area contributed by atoms with E-state index in [-0.39, 0.29) is 11.8 Å². The lowest BCUT2D eigenvalue weighted by atomic mass is 9.99. The van der Waals surface area contributed by atoms with Gasteiger partial charge in [-0.1, -0.05) is 37.8 Å². The number of benzene rings is 1. The van der Waals surface area contributed by atoms with E-state index >= 15 is 0 Å². The summed E-state index contributed by atoms with van der Waals surface area (Å²) >= 11 is 0. The second-order valence-corrected chi connectivity index (χ2v) is 5.81. The topological polar surface area (TPSA) is 41.1 Å². The van der Waals surface area contributed by atoms with Crippen LogP contribution >= 0.6 is 0 Å². The van der Waals surface area contributed by atoms with Crippen LogP contribution in [0.15, 0.2) is 24.3 Å². The molecule has 1 aromatic rings. The monoisotopic (exact) mass is 274 g/mol. The van der Waals surface area contributed by atoms with Crippen LogP contribution in [0.4, 0.5) is 5.69 Å². The van der Waals surface area contributed by atoms with Crippen LogP contribution in [0, 0.1) is 5.92 Å². The number of amides is 1. The van der Waals surface area contributed by atoms with Crippen molar-refractivity contribution in [3.8, 4) is 0 Å². The second kappa shape index (κ2) is 7.44. The van der Waals surface area contributed by atoms with Crippen molar-refractivity contribution in [2.45, 2.75) is 51.5 Å². The maximum absolute atomic E-state index is 12.3. The van der Waals surface area contributed by atoms with E-state index in [0.717, 1.165) is 18.5 Å². The third-order valence-corrected chi connectivity index (χ3v) is 4.31. The van der Waals surface area contributed by atoms with Gasteiger partial charge in [0.15, 0.2) is 0 Å². The lowest BCUT2D eigenvalue weighted by molar-refractivity contribution is -0.120. The van der Waals surface area contributed by atoms with Crippen molar-refractivity contribution < 1.29 is 4.79 Å². The van der Waals surface area contributed by atoms with E-state index in [0.29, 0.717) is 6.04 Å². The Hall–Kier alpha value is -1.35. The van der Waals surface area contributed by atoms with Crippen LogP contribution in [0.25, 0.3) is 0 Å². The quantitative estimate of drug-likeness (QED) is 0.818. The van der Waals surface area contributed by atoms with Gasteiger partial charge in [-0.15, -0.1) is 0 Å². The minimum absolute atomic E-state index is 0.196. The van der Waals surface area contributed by atoms with E-state index in [9.17, 15) is 4.79 Å². The van der Waals surface area contributed by atoms with E-state index in [1.165, 1.54) is 31.2 Å². The fourth-order valence-corrected chi connectivity index (χ4v) is 2.84. The van der Waals surface area contributed by atoms with Gasteiger partial charge < -0.3 is 10.6 Å². The average Bonchev–Trinajstić information content (AvgIpc) is 2.76. The van der Waals surface area contributed by atoms with E-state index in [2.05, 4.69) is 29.7 Å². The molecule has 0 heterocycles. The third kappa shape index (κ3) is 4.07. The molecule has 1 aliphatic rings. The molecule has 3 heteroatoms. The molecular weight excluding hydrogens is 248 g/mol. The summed E-state index contributed by atoms with van der Waals surface area (Å²) in [5, 5.41) is 6.31. The molecule has 1 fully saturated rings. The molecule has 0 spiro atoms. The minimum atomic E-state index is 0.196. The fourth-order valence-electron chi connectivity index (χ4n) is 2.84. The first-order valence-electron chi connectivity index (χ1n) is 7.79. The van der Waals surface area contributed by atoms with Crippen molar-refractivity contribution in [3.05, 3.63) is 29.8 Å². The SMILES string of the molecule is CNC(C)c1cccc(NC(=O)C2CCCCCC2)c1. The predicted molar refractivity (Wildman–Crippen MR) is 83.7 cm³/mol. The maximum atomic E-state index is 12.3. The molecule has 3 nitrogen and oxygen atoms in total. The molecular formula is C17H26N2O. The van der Waals surface area contributed by atoms with Crippen LogP contribution in [0.3, 0.4) is 0 Å². The van der Waals surface area contributed by atoms with Gasteiger partial charge in [0.25, 0.3) is 0 Å². The van der Waals surface area contributed by atoms with Gasteiger partial charge in [-0.25, -0.2) is 0 Å². The highest BCUT2D eigenvalue weighted by Gasteiger charge is 2.20. The van der Waals surface area contributed by atoms with Gasteiger partial charge in [-0.05, 0) is 44.5 Å². The first kappa shape index (κ1) is 15.0. The van der Waals surface area contributed by atoms with E-state index in [1.807, 2.05) is 19.2 Å². The molecule has 0 radical (unpaired) electrons. The molecule has 1 aromatic carbocycles. The van der Waals surface area contributed by atoms with Gasteiger partial charge in [-0.2, -0.15) is 0 Å². The number of carbonyl (C=O) groups is 1. The highest BCUT2D eigenvalue weighted by atomic mass is 16.1. The summed E-state index contributed by atoms with van der Waals surface area (Å²) in [6, 6.07) is 8.43. The molecule has 2 N–H and O–H groups in total. The normalized spacial score (nSPS) is 18.3. The Morgan fingerprint density at radius 3 is 2.55 bits per heavy atom. The summed E-state index contributed by atoms with van der Waals surface area (Å²) < 4.78 is 0. The maximum Gasteiger partial charge on any atom is 0.227 e. The Morgan fingerprint density at radius 1 is 1.20 bits per heavy atom. The van der Waals surface area contributed by atoms with Crippen LogP contribution in [0.1, 0.15) is 57.1 Å². The van der Waals surface area contributed by atoms with Crippen molar-refractivity contribution in [1.82, 2.24) is 5.32 Å². The smallest absolute Gasteiger partial charge is 0.227 e.